The Bertz CT molecular complexity index is 1560. The molecule has 0 bridgehead atoms. The van der Waals surface area contributed by atoms with Crippen molar-refractivity contribution in [2.75, 3.05) is 37.7 Å². The molecule has 2 fully saturated rings. The topological polar surface area (TPSA) is 170 Å². The summed E-state index contributed by atoms with van der Waals surface area (Å²) in [6.45, 7) is 4.12. The number of rotatable bonds is 7. The van der Waals surface area contributed by atoms with E-state index in [2.05, 4.69) is 0 Å². The second kappa shape index (κ2) is 10.5. The molecule has 218 valence electrons. The van der Waals surface area contributed by atoms with Crippen molar-refractivity contribution in [2.45, 2.75) is 39.0 Å². The molecule has 2 amide bonds. The molecule has 3 aliphatic heterocycles. The van der Waals surface area contributed by atoms with Gasteiger partial charge in [-0.05, 0) is 32.4 Å². The lowest BCUT2D eigenvalue weighted by molar-refractivity contribution is -0.161. The Hall–Kier alpha value is -4.46. The molecular formula is C27H29FN4O9. The Kier molecular flexibility index (Phi) is 7.19. The number of carboxylic acid groups (broad SMARTS) is 2. The number of carboxylic acids is 2. The molecule has 14 heteroatoms. The highest BCUT2D eigenvalue weighted by atomic mass is 19.1. The van der Waals surface area contributed by atoms with E-state index >= 15 is 4.39 Å². The standard InChI is InChI=1S/C27H29FN4O9/c1-3-29-11-16(25(36)37)23(34)15-9-17(28)19(10-18(15)29)30-4-6-31(7-5-30)27(40)41-12-14-8-20-21(13(2)33)24(35)32(20)22(14)26(38)39/h9-11,13,20-21,33H,3-8,12H2,1-2H3,(H,36,37)(H,38,39)/t13-,20-,21+/m1/s1. The third-order valence-electron chi connectivity index (χ3n) is 7.99. The number of anilines is 1. The number of piperazine rings is 1. The number of pyridine rings is 1. The van der Waals surface area contributed by atoms with Crippen LogP contribution in [0.2, 0.25) is 0 Å². The van der Waals surface area contributed by atoms with Crippen LogP contribution in [0.5, 0.6) is 0 Å². The van der Waals surface area contributed by atoms with E-state index in [4.69, 9.17) is 4.74 Å². The van der Waals surface area contributed by atoms with Gasteiger partial charge in [-0.1, -0.05) is 0 Å². The summed E-state index contributed by atoms with van der Waals surface area (Å²) < 4.78 is 22.1. The van der Waals surface area contributed by atoms with Gasteiger partial charge < -0.3 is 39.3 Å². The molecule has 3 aliphatic rings. The number of aromatic nitrogens is 1. The van der Waals surface area contributed by atoms with Crippen LogP contribution in [-0.4, -0.2) is 98.6 Å². The first kappa shape index (κ1) is 28.1. The quantitative estimate of drug-likeness (QED) is 0.408. The van der Waals surface area contributed by atoms with Crippen LogP contribution in [0, 0.1) is 11.7 Å². The lowest BCUT2D eigenvalue weighted by Gasteiger charge is -2.44. The minimum atomic E-state index is -1.39. The Labute approximate surface area is 232 Å². The monoisotopic (exact) mass is 572 g/mol. The molecule has 13 nitrogen and oxygen atoms in total. The first-order chi connectivity index (χ1) is 19.4. The summed E-state index contributed by atoms with van der Waals surface area (Å²) in [4.78, 5) is 65.3. The van der Waals surface area contributed by atoms with Gasteiger partial charge in [-0.15, -0.1) is 0 Å². The van der Waals surface area contributed by atoms with E-state index in [0.717, 1.165) is 11.0 Å². The van der Waals surface area contributed by atoms with E-state index in [0.29, 0.717) is 12.1 Å². The van der Waals surface area contributed by atoms with Crippen LogP contribution in [-0.2, 0) is 20.9 Å². The maximum atomic E-state index is 15.1. The Balaban J connectivity index is 1.26. The summed E-state index contributed by atoms with van der Waals surface area (Å²) in [6, 6.07) is 2.06. The van der Waals surface area contributed by atoms with Gasteiger partial charge in [-0.3, -0.25) is 9.59 Å². The molecule has 5 rings (SSSR count). The van der Waals surface area contributed by atoms with Gasteiger partial charge in [0.25, 0.3) is 0 Å². The maximum Gasteiger partial charge on any atom is 0.410 e. The maximum absolute atomic E-state index is 15.1. The van der Waals surface area contributed by atoms with Crippen LogP contribution in [0.15, 0.2) is 34.4 Å². The van der Waals surface area contributed by atoms with Crippen molar-refractivity contribution in [3.05, 3.63) is 51.2 Å². The number of carbonyl (C=O) groups excluding carboxylic acids is 2. The van der Waals surface area contributed by atoms with Crippen LogP contribution < -0.4 is 10.3 Å². The fourth-order valence-electron chi connectivity index (χ4n) is 5.92. The number of ether oxygens (including phenoxy) is 1. The molecule has 41 heavy (non-hydrogen) atoms. The van der Waals surface area contributed by atoms with Crippen LogP contribution in [0.1, 0.15) is 30.6 Å². The fraction of sp³-hybridized carbons (Fsp3) is 0.444. The van der Waals surface area contributed by atoms with Gasteiger partial charge in [0.05, 0.1) is 29.3 Å². The molecule has 0 spiro atoms. The predicted molar refractivity (Wildman–Crippen MR) is 141 cm³/mol. The highest BCUT2D eigenvalue weighted by molar-refractivity contribution is 6.00. The number of hydrogen-bond donors (Lipinski definition) is 3. The number of aliphatic hydroxyl groups excluding tert-OH is 1. The van der Waals surface area contributed by atoms with Crippen LogP contribution >= 0.6 is 0 Å². The number of hydrogen-bond acceptors (Lipinski definition) is 8. The van der Waals surface area contributed by atoms with Crippen LogP contribution in [0.3, 0.4) is 0 Å². The van der Waals surface area contributed by atoms with Crippen LogP contribution in [0.4, 0.5) is 14.9 Å². The summed E-state index contributed by atoms with van der Waals surface area (Å²) in [6.07, 6.45) is -0.195. The Morgan fingerprint density at radius 2 is 1.78 bits per heavy atom. The highest BCUT2D eigenvalue weighted by Gasteiger charge is 2.56. The summed E-state index contributed by atoms with van der Waals surface area (Å²) in [5.74, 6) is -4.57. The van der Waals surface area contributed by atoms with E-state index in [9.17, 15) is 39.3 Å². The van der Waals surface area contributed by atoms with Crippen LogP contribution in [0.25, 0.3) is 10.9 Å². The molecule has 0 unspecified atom stereocenters. The first-order valence-corrected chi connectivity index (χ1v) is 13.2. The zero-order valence-electron chi connectivity index (χ0n) is 22.4. The third-order valence-corrected chi connectivity index (χ3v) is 7.99. The number of halogens is 1. The van der Waals surface area contributed by atoms with E-state index in [1.165, 1.54) is 24.1 Å². The second-order valence-electron chi connectivity index (χ2n) is 10.3. The summed E-state index contributed by atoms with van der Waals surface area (Å²) in [5.41, 5.74) is -0.546. The lowest BCUT2D eigenvalue weighted by Crippen LogP contribution is -2.61. The molecule has 2 saturated heterocycles. The first-order valence-electron chi connectivity index (χ1n) is 13.2. The number of nitrogens with zero attached hydrogens (tertiary/aromatic N) is 4. The SMILES string of the molecule is CCn1cc(C(=O)O)c(=O)c2cc(F)c(N3CCN(C(=O)OCC4=C(C(=O)O)N5C(=O)[C@@H]([C@@H](C)O)[C@H]5C4)CC3)cc21. The van der Waals surface area contributed by atoms with Gasteiger partial charge in [0.1, 0.15) is 23.7 Å². The molecule has 3 atom stereocenters. The number of aryl methyl sites for hydroxylation is 1. The zero-order chi connectivity index (χ0) is 29.7. The third kappa shape index (κ3) is 4.67. The Morgan fingerprint density at radius 3 is 2.37 bits per heavy atom. The van der Waals surface area contributed by atoms with Gasteiger partial charge >= 0.3 is 18.0 Å². The number of amides is 2. The number of aliphatic carboxylic acids is 1. The zero-order valence-corrected chi connectivity index (χ0v) is 22.4. The van der Waals surface area contributed by atoms with Crippen molar-refractivity contribution in [2.24, 2.45) is 5.92 Å². The molecule has 4 heterocycles. The van der Waals surface area contributed by atoms with E-state index in [1.807, 2.05) is 0 Å². The number of carbonyl (C=O) groups is 4. The van der Waals surface area contributed by atoms with Gasteiger partial charge in [-0.25, -0.2) is 18.8 Å². The molecule has 0 aliphatic carbocycles. The minimum Gasteiger partial charge on any atom is -0.477 e. The average molecular weight is 573 g/mol. The molecular weight excluding hydrogens is 543 g/mol. The second-order valence-corrected chi connectivity index (χ2v) is 10.3. The van der Waals surface area contributed by atoms with Crippen molar-refractivity contribution in [3.8, 4) is 0 Å². The minimum absolute atomic E-state index is 0.0385. The molecule has 1 aromatic carbocycles. The number of aliphatic hydroxyl groups is 1. The fourth-order valence-corrected chi connectivity index (χ4v) is 5.92. The summed E-state index contributed by atoms with van der Waals surface area (Å²) in [5, 5.41) is 28.8. The van der Waals surface area contributed by atoms with E-state index in [-0.39, 0.29) is 61.6 Å². The normalized spacial score (nSPS) is 21.2. The summed E-state index contributed by atoms with van der Waals surface area (Å²) >= 11 is 0. The van der Waals surface area contributed by atoms with E-state index < -0.39 is 58.8 Å². The lowest BCUT2D eigenvalue weighted by atomic mass is 9.83. The van der Waals surface area contributed by atoms with E-state index in [1.54, 1.807) is 16.4 Å². The highest BCUT2D eigenvalue weighted by Crippen LogP contribution is 2.43. The van der Waals surface area contributed by atoms with Crippen molar-refractivity contribution < 1.29 is 43.6 Å². The van der Waals surface area contributed by atoms with Crippen molar-refractivity contribution in [3.63, 3.8) is 0 Å². The van der Waals surface area contributed by atoms with Gasteiger partial charge in [0, 0.05) is 49.9 Å². The summed E-state index contributed by atoms with van der Waals surface area (Å²) in [7, 11) is 0. The average Bonchev–Trinajstić information content (AvgIpc) is 3.26. The van der Waals surface area contributed by atoms with Crippen molar-refractivity contribution in [1.82, 2.24) is 14.4 Å². The molecule has 0 radical (unpaired) electrons. The molecule has 1 aromatic heterocycles. The number of benzene rings is 1. The van der Waals surface area contributed by atoms with Crippen molar-refractivity contribution >= 4 is 40.5 Å². The molecule has 3 N–H and O–H groups in total. The molecule has 2 aromatic rings. The number of aromatic carboxylic acids is 1. The molecule has 0 saturated carbocycles. The largest absolute Gasteiger partial charge is 0.477 e. The predicted octanol–water partition coefficient (Wildman–Crippen LogP) is 1.07. The smallest absolute Gasteiger partial charge is 0.410 e. The van der Waals surface area contributed by atoms with Gasteiger partial charge in [0.2, 0.25) is 11.3 Å². The van der Waals surface area contributed by atoms with Gasteiger partial charge in [0.15, 0.2) is 0 Å². The van der Waals surface area contributed by atoms with Gasteiger partial charge in [-0.2, -0.15) is 0 Å². The number of β-lactam (4-membered cyclic amide) rings is 1. The number of fused-ring (bicyclic) bond motifs is 2. The Morgan fingerprint density at radius 1 is 1.10 bits per heavy atom. The van der Waals surface area contributed by atoms with Crippen molar-refractivity contribution in [1.29, 1.82) is 0 Å².